The lowest BCUT2D eigenvalue weighted by molar-refractivity contribution is -0.134. The Morgan fingerprint density at radius 2 is 1.94 bits per heavy atom. The summed E-state index contributed by atoms with van der Waals surface area (Å²) in [5.41, 5.74) is 5.62. The van der Waals surface area contributed by atoms with Crippen molar-refractivity contribution in [3.63, 3.8) is 0 Å². The largest absolute Gasteiger partial charge is 0.359 e. The quantitative estimate of drug-likeness (QED) is 0.671. The Morgan fingerprint density at radius 1 is 1.35 bits per heavy atom. The van der Waals surface area contributed by atoms with Gasteiger partial charge in [0.1, 0.15) is 0 Å². The van der Waals surface area contributed by atoms with Gasteiger partial charge in [0.2, 0.25) is 11.8 Å². The number of hydrogen-bond donors (Lipinski definition) is 2. The molecule has 17 heavy (non-hydrogen) atoms. The third kappa shape index (κ3) is 6.26. The molecule has 0 aromatic carbocycles. The van der Waals surface area contributed by atoms with Crippen molar-refractivity contribution >= 4 is 11.8 Å². The predicted octanol–water partition coefficient (Wildman–Crippen LogP) is 0.202. The third-order valence-corrected chi connectivity index (χ3v) is 2.72. The average Bonchev–Trinajstić information content (AvgIpc) is 2.31. The molecular formula is C12H25N3O2. The molecule has 5 heteroatoms. The molecule has 1 atom stereocenters. The van der Waals surface area contributed by atoms with Crippen LogP contribution in [0.3, 0.4) is 0 Å². The van der Waals surface area contributed by atoms with E-state index < -0.39 is 0 Å². The van der Waals surface area contributed by atoms with E-state index in [0.29, 0.717) is 25.4 Å². The second-order valence-corrected chi connectivity index (χ2v) is 4.75. The molecule has 0 saturated carbocycles. The molecule has 0 aliphatic heterocycles. The molecular weight excluding hydrogens is 218 g/mol. The minimum absolute atomic E-state index is 0.0325. The van der Waals surface area contributed by atoms with Crippen LogP contribution in [0.2, 0.25) is 0 Å². The van der Waals surface area contributed by atoms with Gasteiger partial charge in [-0.15, -0.1) is 0 Å². The minimum atomic E-state index is -0.135. The lowest BCUT2D eigenvalue weighted by Crippen LogP contribution is -2.39. The molecule has 0 spiro atoms. The van der Waals surface area contributed by atoms with Gasteiger partial charge in [0.25, 0.3) is 0 Å². The number of carbonyl (C=O) groups is 2. The topological polar surface area (TPSA) is 75.4 Å². The van der Waals surface area contributed by atoms with Gasteiger partial charge in [-0.05, 0) is 12.3 Å². The maximum Gasteiger partial charge on any atom is 0.226 e. The van der Waals surface area contributed by atoms with E-state index in [-0.39, 0.29) is 17.7 Å². The van der Waals surface area contributed by atoms with Gasteiger partial charge in [0.05, 0.1) is 5.92 Å². The van der Waals surface area contributed by atoms with E-state index in [1.165, 1.54) is 0 Å². The molecule has 0 aromatic heterocycles. The Bertz CT molecular complexity index is 254. The normalized spacial score (nSPS) is 12.4. The van der Waals surface area contributed by atoms with Crippen molar-refractivity contribution in [1.82, 2.24) is 10.2 Å². The Balaban J connectivity index is 4.21. The highest BCUT2D eigenvalue weighted by Gasteiger charge is 2.21. The van der Waals surface area contributed by atoms with Crippen LogP contribution in [0, 0.1) is 11.8 Å². The summed E-state index contributed by atoms with van der Waals surface area (Å²) < 4.78 is 0. The molecule has 0 bridgehead atoms. The summed E-state index contributed by atoms with van der Waals surface area (Å²) in [6.07, 6.45) is 1.12. The summed E-state index contributed by atoms with van der Waals surface area (Å²) in [7, 11) is 3.31. The summed E-state index contributed by atoms with van der Waals surface area (Å²) in [5, 5.41) is 2.53. The molecule has 0 radical (unpaired) electrons. The second-order valence-electron chi connectivity index (χ2n) is 4.75. The van der Waals surface area contributed by atoms with Crippen molar-refractivity contribution in [2.75, 3.05) is 27.2 Å². The molecule has 2 amide bonds. The van der Waals surface area contributed by atoms with Crippen LogP contribution >= 0.6 is 0 Å². The van der Waals surface area contributed by atoms with Crippen molar-refractivity contribution in [2.45, 2.75) is 26.7 Å². The Morgan fingerprint density at radius 3 is 2.35 bits per heavy atom. The summed E-state index contributed by atoms with van der Waals surface area (Å²) >= 11 is 0. The summed E-state index contributed by atoms with van der Waals surface area (Å²) in [6.45, 7) is 4.94. The van der Waals surface area contributed by atoms with Crippen LogP contribution in [0.4, 0.5) is 0 Å². The highest BCUT2D eigenvalue weighted by molar-refractivity contribution is 5.80. The number of nitrogens with zero attached hydrogens (tertiary/aromatic N) is 1. The fourth-order valence-corrected chi connectivity index (χ4v) is 1.68. The first-order valence-corrected chi connectivity index (χ1v) is 6.08. The monoisotopic (exact) mass is 243 g/mol. The Kier molecular flexibility index (Phi) is 7.54. The minimum Gasteiger partial charge on any atom is -0.359 e. The number of hydrogen-bond acceptors (Lipinski definition) is 3. The van der Waals surface area contributed by atoms with Crippen molar-refractivity contribution < 1.29 is 9.59 Å². The predicted molar refractivity (Wildman–Crippen MR) is 68.3 cm³/mol. The molecule has 0 aromatic rings. The van der Waals surface area contributed by atoms with Crippen LogP contribution in [0.1, 0.15) is 26.7 Å². The van der Waals surface area contributed by atoms with Crippen LogP contribution in [0.15, 0.2) is 0 Å². The smallest absolute Gasteiger partial charge is 0.226 e. The van der Waals surface area contributed by atoms with E-state index in [9.17, 15) is 9.59 Å². The number of nitrogens with two attached hydrogens (primary N) is 1. The molecule has 0 saturated heterocycles. The van der Waals surface area contributed by atoms with Crippen LogP contribution in [0.25, 0.3) is 0 Å². The first-order valence-electron chi connectivity index (χ1n) is 6.08. The van der Waals surface area contributed by atoms with Gasteiger partial charge in [-0.2, -0.15) is 0 Å². The molecule has 3 N–H and O–H groups in total. The van der Waals surface area contributed by atoms with Crippen LogP contribution in [-0.4, -0.2) is 43.9 Å². The summed E-state index contributed by atoms with van der Waals surface area (Å²) in [6, 6.07) is 0. The molecule has 0 aliphatic rings. The number of amides is 2. The molecule has 100 valence electrons. The maximum atomic E-state index is 12.0. The van der Waals surface area contributed by atoms with E-state index in [1.807, 2.05) is 0 Å². The standard InChI is InChI=1S/C12H25N3O2/c1-9(2)7-10(8-13)12(17)15(4)6-5-11(16)14-3/h9-10H,5-8,13H2,1-4H3,(H,14,16). The highest BCUT2D eigenvalue weighted by Crippen LogP contribution is 2.13. The van der Waals surface area contributed by atoms with Crippen molar-refractivity contribution in [3.8, 4) is 0 Å². The van der Waals surface area contributed by atoms with E-state index in [2.05, 4.69) is 19.2 Å². The number of nitrogens with one attached hydrogen (secondary N) is 1. The van der Waals surface area contributed by atoms with E-state index >= 15 is 0 Å². The SMILES string of the molecule is CNC(=O)CCN(C)C(=O)C(CN)CC(C)C. The van der Waals surface area contributed by atoms with Gasteiger partial charge >= 0.3 is 0 Å². The number of rotatable bonds is 7. The van der Waals surface area contributed by atoms with Gasteiger partial charge in [-0.3, -0.25) is 9.59 Å². The third-order valence-electron chi connectivity index (χ3n) is 2.72. The van der Waals surface area contributed by atoms with Crippen LogP contribution in [0.5, 0.6) is 0 Å². The van der Waals surface area contributed by atoms with Crippen molar-refractivity contribution in [2.24, 2.45) is 17.6 Å². The zero-order valence-electron chi connectivity index (χ0n) is 11.3. The Labute approximate surface area is 104 Å². The van der Waals surface area contributed by atoms with E-state index in [4.69, 9.17) is 5.73 Å². The highest BCUT2D eigenvalue weighted by atomic mass is 16.2. The van der Waals surface area contributed by atoms with Gasteiger partial charge in [0, 0.05) is 33.6 Å². The first kappa shape index (κ1) is 15.9. The lowest BCUT2D eigenvalue weighted by Gasteiger charge is -2.23. The van der Waals surface area contributed by atoms with Gasteiger partial charge in [0.15, 0.2) is 0 Å². The fraction of sp³-hybridized carbons (Fsp3) is 0.833. The summed E-state index contributed by atoms with van der Waals surface area (Å²) in [5.74, 6) is 0.285. The zero-order valence-corrected chi connectivity index (χ0v) is 11.3. The van der Waals surface area contributed by atoms with Crippen molar-refractivity contribution in [3.05, 3.63) is 0 Å². The van der Waals surface area contributed by atoms with Crippen LogP contribution < -0.4 is 11.1 Å². The van der Waals surface area contributed by atoms with E-state index in [1.54, 1.807) is 19.0 Å². The zero-order chi connectivity index (χ0) is 13.4. The van der Waals surface area contributed by atoms with Crippen LogP contribution in [-0.2, 0) is 9.59 Å². The Hall–Kier alpha value is -1.10. The van der Waals surface area contributed by atoms with Gasteiger partial charge < -0.3 is 16.0 Å². The molecule has 1 unspecified atom stereocenters. The molecule has 0 aliphatic carbocycles. The molecule has 0 rings (SSSR count). The second kappa shape index (κ2) is 8.06. The lowest BCUT2D eigenvalue weighted by atomic mass is 9.96. The first-order chi connectivity index (χ1) is 7.92. The fourth-order valence-electron chi connectivity index (χ4n) is 1.68. The molecule has 5 nitrogen and oxygen atoms in total. The van der Waals surface area contributed by atoms with Gasteiger partial charge in [-0.1, -0.05) is 13.8 Å². The molecule has 0 fully saturated rings. The average molecular weight is 243 g/mol. The maximum absolute atomic E-state index is 12.0. The van der Waals surface area contributed by atoms with E-state index in [0.717, 1.165) is 6.42 Å². The molecule has 0 heterocycles. The van der Waals surface area contributed by atoms with Gasteiger partial charge in [-0.25, -0.2) is 0 Å². The number of carbonyl (C=O) groups excluding carboxylic acids is 2. The van der Waals surface area contributed by atoms with Crippen molar-refractivity contribution in [1.29, 1.82) is 0 Å². The summed E-state index contributed by atoms with van der Waals surface area (Å²) in [4.78, 5) is 24.7.